The Balaban J connectivity index is 1.10. The smallest absolute Gasteiger partial charge is 0.252 e. The van der Waals surface area contributed by atoms with Gasteiger partial charge in [0.05, 0.1) is 5.69 Å². The van der Waals surface area contributed by atoms with Crippen LogP contribution in [0.25, 0.3) is 11.1 Å². The summed E-state index contributed by atoms with van der Waals surface area (Å²) in [6.07, 6.45) is 0. The van der Waals surface area contributed by atoms with E-state index >= 15 is 0 Å². The van der Waals surface area contributed by atoms with Crippen LogP contribution in [0.5, 0.6) is 0 Å². The highest BCUT2D eigenvalue weighted by Crippen LogP contribution is 2.57. The van der Waals surface area contributed by atoms with Gasteiger partial charge in [0, 0.05) is 72.7 Å². The Morgan fingerprint density at radius 1 is 0.322 bits per heavy atom. The molecule has 0 radical (unpaired) electrons. The zero-order chi connectivity index (χ0) is 63.7. The minimum Gasteiger partial charge on any atom is -0.311 e. The molecular formula is C86H90BN3. The van der Waals surface area contributed by atoms with Gasteiger partial charge in [-0.2, -0.15) is 0 Å². The minimum atomic E-state index is -0.277. The highest BCUT2D eigenvalue weighted by atomic mass is 15.2. The first-order chi connectivity index (χ1) is 42.4. The molecule has 10 aromatic rings. The molecule has 2 aliphatic heterocycles. The van der Waals surface area contributed by atoms with Gasteiger partial charge in [-0.1, -0.05) is 245 Å². The van der Waals surface area contributed by atoms with Crippen molar-refractivity contribution < 1.29 is 0 Å². The van der Waals surface area contributed by atoms with Crippen molar-refractivity contribution in [2.45, 2.75) is 169 Å². The van der Waals surface area contributed by atoms with Crippen LogP contribution in [-0.2, 0) is 37.9 Å². The van der Waals surface area contributed by atoms with Gasteiger partial charge in [0.15, 0.2) is 0 Å². The maximum absolute atomic E-state index is 2.73. The molecule has 3 nitrogen and oxygen atoms in total. The third-order valence-electron chi connectivity index (χ3n) is 21.6. The molecule has 10 aromatic carbocycles. The van der Waals surface area contributed by atoms with E-state index in [9.17, 15) is 0 Å². The molecule has 0 unspecified atom stereocenters. The highest BCUT2D eigenvalue weighted by molar-refractivity contribution is 7.00. The largest absolute Gasteiger partial charge is 0.311 e. The highest BCUT2D eigenvalue weighted by Gasteiger charge is 2.50. The van der Waals surface area contributed by atoms with Gasteiger partial charge < -0.3 is 14.7 Å². The van der Waals surface area contributed by atoms with Gasteiger partial charge in [0.1, 0.15) is 0 Å². The summed E-state index contributed by atoms with van der Waals surface area (Å²) < 4.78 is 0. The first-order valence-electron chi connectivity index (χ1n) is 33.0. The van der Waals surface area contributed by atoms with Crippen LogP contribution in [0.4, 0.5) is 51.2 Å². The van der Waals surface area contributed by atoms with Crippen molar-refractivity contribution in [1.29, 1.82) is 0 Å². The Bertz CT molecular complexity index is 4500. The van der Waals surface area contributed by atoms with Crippen LogP contribution in [0.3, 0.4) is 0 Å². The Morgan fingerprint density at radius 3 is 1.20 bits per heavy atom. The van der Waals surface area contributed by atoms with Crippen molar-refractivity contribution in [3.63, 3.8) is 0 Å². The normalized spacial score (nSPS) is 16.2. The van der Waals surface area contributed by atoms with Crippen molar-refractivity contribution in [2.24, 2.45) is 0 Å². The summed E-state index contributed by atoms with van der Waals surface area (Å²) >= 11 is 0. The third kappa shape index (κ3) is 9.03. The van der Waals surface area contributed by atoms with Gasteiger partial charge in [-0.15, -0.1) is 0 Å². The van der Waals surface area contributed by atoms with Crippen LogP contribution in [0.2, 0.25) is 0 Å². The summed E-state index contributed by atoms with van der Waals surface area (Å²) in [5.74, 6) is 0. The summed E-state index contributed by atoms with van der Waals surface area (Å²) in [4.78, 5) is 7.89. The molecule has 4 heteroatoms. The van der Waals surface area contributed by atoms with E-state index < -0.39 is 0 Å². The number of hydrogen-bond acceptors (Lipinski definition) is 3. The van der Waals surface area contributed by atoms with E-state index in [1.807, 2.05) is 0 Å². The topological polar surface area (TPSA) is 9.72 Å². The summed E-state index contributed by atoms with van der Waals surface area (Å²) in [7, 11) is 0. The molecule has 2 aliphatic carbocycles. The van der Waals surface area contributed by atoms with Crippen LogP contribution in [0, 0.1) is 13.8 Å². The van der Waals surface area contributed by atoms with Gasteiger partial charge in [-0.05, 0) is 197 Å². The van der Waals surface area contributed by atoms with E-state index in [0.717, 1.165) is 22.7 Å². The number of nitrogens with zero attached hydrogens (tertiary/aromatic N) is 3. The number of hydrogen-bond donors (Lipinski definition) is 0. The first-order valence-corrected chi connectivity index (χ1v) is 33.0. The number of benzene rings is 10. The first kappa shape index (κ1) is 59.3. The van der Waals surface area contributed by atoms with Crippen molar-refractivity contribution in [3.05, 3.63) is 273 Å². The lowest BCUT2D eigenvalue weighted by Crippen LogP contribution is -2.62. The summed E-state index contributed by atoms with van der Waals surface area (Å²) in [6, 6.07) is 78.6. The second-order valence-corrected chi connectivity index (χ2v) is 32.1. The van der Waals surface area contributed by atoms with E-state index in [1.165, 1.54) is 128 Å². The average Bonchev–Trinajstić information content (AvgIpc) is 0.687. The van der Waals surface area contributed by atoms with Crippen LogP contribution in [-0.4, -0.2) is 6.71 Å². The molecule has 0 atom stereocenters. The van der Waals surface area contributed by atoms with Crippen LogP contribution >= 0.6 is 0 Å². The van der Waals surface area contributed by atoms with E-state index in [4.69, 9.17) is 0 Å². The molecule has 0 aromatic heterocycles. The average molecular weight is 1180 g/mol. The number of anilines is 9. The molecule has 0 fully saturated rings. The van der Waals surface area contributed by atoms with Crippen molar-refractivity contribution in [2.75, 3.05) is 14.7 Å². The second-order valence-electron chi connectivity index (χ2n) is 32.1. The summed E-state index contributed by atoms with van der Waals surface area (Å²) in [5, 5.41) is 0. The molecule has 0 spiro atoms. The molecule has 0 N–H and O–H groups in total. The fourth-order valence-corrected chi connectivity index (χ4v) is 16.3. The fraction of sp³-hybridized carbons (Fsp3) is 0.302. The van der Waals surface area contributed by atoms with Gasteiger partial charge in [0.25, 0.3) is 6.71 Å². The predicted molar refractivity (Wildman–Crippen MR) is 388 cm³/mol. The van der Waals surface area contributed by atoms with E-state index in [2.05, 4.69) is 346 Å². The molecule has 2 heterocycles. The molecule has 4 aliphatic rings. The summed E-state index contributed by atoms with van der Waals surface area (Å²) in [5.41, 5.74) is 33.5. The maximum Gasteiger partial charge on any atom is 0.252 e. The van der Waals surface area contributed by atoms with Gasteiger partial charge >= 0.3 is 0 Å². The number of fused-ring (bicyclic) bond motifs is 8. The maximum atomic E-state index is 2.73. The van der Waals surface area contributed by atoms with Crippen molar-refractivity contribution in [1.82, 2.24) is 0 Å². The van der Waals surface area contributed by atoms with E-state index in [0.29, 0.717) is 0 Å². The minimum absolute atomic E-state index is 0.00518. The van der Waals surface area contributed by atoms with Gasteiger partial charge in [0.2, 0.25) is 0 Å². The lowest BCUT2D eigenvalue weighted by Gasteiger charge is -2.49. The van der Waals surface area contributed by atoms with Crippen molar-refractivity contribution in [3.8, 4) is 11.1 Å². The lowest BCUT2D eigenvalue weighted by molar-refractivity contribution is 0.520. The Hall–Kier alpha value is -8.34. The fourth-order valence-electron chi connectivity index (χ4n) is 16.3. The zero-order valence-electron chi connectivity index (χ0n) is 57.0. The van der Waals surface area contributed by atoms with Crippen molar-refractivity contribution >= 4 is 74.3 Å². The Labute approximate surface area is 539 Å². The molecular weight excluding hydrogens is 1090 g/mol. The number of aryl methyl sites for hydroxylation is 2. The molecule has 452 valence electrons. The quantitative estimate of drug-likeness (QED) is 0.154. The predicted octanol–water partition coefficient (Wildman–Crippen LogP) is 21.3. The van der Waals surface area contributed by atoms with Crippen LogP contribution in [0.1, 0.15) is 190 Å². The third-order valence-corrected chi connectivity index (χ3v) is 21.6. The molecule has 0 amide bonds. The number of rotatable bonds is 6. The molecule has 0 saturated carbocycles. The SMILES string of the molecule is Cc1cc2c3c(c1)N(c1ccc(C(C)(C)C)cc1-c1ccccc1)c1cc(N(c4ccc(C(C)(C)C)cc4)c4ccc(C(C)(C)C)cc4)ccc1B3c1cc3c(cc1N2c1cc2c(cc1C)C(C)(C)c1ccccc1C2(C)C)C(C)(C)c1ccccc1C3(C)C. The second kappa shape index (κ2) is 20.1. The molecule has 0 bridgehead atoms. The summed E-state index contributed by atoms with van der Waals surface area (Å²) in [6.45, 7) is 45.1. The molecule has 0 saturated heterocycles. The van der Waals surface area contributed by atoms with Crippen LogP contribution < -0.4 is 31.1 Å². The van der Waals surface area contributed by atoms with E-state index in [-0.39, 0.29) is 44.6 Å². The van der Waals surface area contributed by atoms with Gasteiger partial charge in [-0.3, -0.25) is 0 Å². The van der Waals surface area contributed by atoms with Crippen LogP contribution in [0.15, 0.2) is 200 Å². The van der Waals surface area contributed by atoms with Gasteiger partial charge in [-0.25, -0.2) is 0 Å². The molecule has 90 heavy (non-hydrogen) atoms. The zero-order valence-corrected chi connectivity index (χ0v) is 57.0. The van der Waals surface area contributed by atoms with E-state index in [1.54, 1.807) is 0 Å². The Morgan fingerprint density at radius 2 is 0.722 bits per heavy atom. The Kier molecular flexibility index (Phi) is 13.2. The lowest BCUT2D eigenvalue weighted by atomic mass is 9.33. The standard InChI is InChI=1S/C86H90BN3/c1-53-45-77-79-78(46-53)90(74-51-69-67(47-54(74)2)83(12,13)63-29-23-25-31-65(63)85(69,16)17)76-52-70-68(84(14,15)64-30-24-26-32-66(64)86(70,18)19)50-72(76)87(79)71-43-42-61(49-75(71)89(77)73-44-37-58(82(9,10)11)48-62(73)55-27-21-20-22-28-55)88(59-38-33-56(34-39-59)80(3,4)5)60-40-35-57(36-41-60)81(6,7)8/h20-52H,1-19H3. The monoisotopic (exact) mass is 1180 g/mol. The molecule has 14 rings (SSSR count).